The van der Waals surface area contributed by atoms with Crippen LogP contribution in [-0.2, 0) is 9.59 Å². The monoisotopic (exact) mass is 345 g/mol. The second kappa shape index (κ2) is 7.38. The lowest BCUT2D eigenvalue weighted by Crippen LogP contribution is -2.47. The summed E-state index contributed by atoms with van der Waals surface area (Å²) in [5, 5.41) is 0.262. The van der Waals surface area contributed by atoms with Gasteiger partial charge >= 0.3 is 0 Å². The topological polar surface area (TPSA) is 53.0 Å². The Morgan fingerprint density at radius 1 is 1.38 bits per heavy atom. The van der Waals surface area contributed by atoms with E-state index in [0.29, 0.717) is 18.2 Å². The van der Waals surface area contributed by atoms with Gasteiger partial charge in [0, 0.05) is 26.6 Å². The van der Waals surface area contributed by atoms with Crippen molar-refractivity contribution in [2.75, 3.05) is 20.1 Å². The summed E-state index contributed by atoms with van der Waals surface area (Å²) in [5.74, 6) is 0.235. The fraction of sp³-hybridized carbons (Fsp3) is 0.556. The average molecular weight is 345 g/mol. The zero-order valence-electron chi connectivity index (χ0n) is 14.0. The lowest BCUT2D eigenvalue weighted by Gasteiger charge is -2.30. The van der Waals surface area contributed by atoms with Gasteiger partial charge < -0.3 is 4.90 Å². The van der Waals surface area contributed by atoms with E-state index in [0.717, 1.165) is 6.54 Å². The van der Waals surface area contributed by atoms with Crippen LogP contribution in [0.4, 0.5) is 0 Å². The van der Waals surface area contributed by atoms with Crippen LogP contribution in [0.15, 0.2) is 29.3 Å². The van der Waals surface area contributed by atoms with Crippen molar-refractivity contribution in [3.63, 3.8) is 0 Å². The Hall–Kier alpha value is -1.82. The van der Waals surface area contributed by atoms with Crippen LogP contribution in [0.1, 0.15) is 32.1 Å². The van der Waals surface area contributed by atoms with E-state index in [1.54, 1.807) is 4.90 Å². The Morgan fingerprint density at radius 3 is 2.88 bits per heavy atom. The van der Waals surface area contributed by atoms with Crippen molar-refractivity contribution in [1.82, 2.24) is 9.80 Å². The first-order valence-corrected chi connectivity index (χ1v) is 9.00. The van der Waals surface area contributed by atoms with Crippen LogP contribution < -0.4 is 0 Å². The summed E-state index contributed by atoms with van der Waals surface area (Å²) in [7, 11) is 1.85. The van der Waals surface area contributed by atoms with E-state index < -0.39 is 0 Å². The molecule has 2 amide bonds. The summed E-state index contributed by atoms with van der Waals surface area (Å²) in [5.41, 5.74) is 0.688. The minimum Gasteiger partial charge on any atom is -0.345 e. The number of carbonyl (C=O) groups excluding carboxylic acids is 2. The molecule has 1 saturated carbocycles. The van der Waals surface area contributed by atoms with Gasteiger partial charge in [-0.1, -0.05) is 31.1 Å². The molecular weight excluding hydrogens is 322 g/mol. The minimum atomic E-state index is -0.368. The van der Waals surface area contributed by atoms with E-state index in [2.05, 4.69) is 4.99 Å². The summed E-state index contributed by atoms with van der Waals surface area (Å²) in [6.45, 7) is 1.12. The van der Waals surface area contributed by atoms with E-state index in [9.17, 15) is 9.59 Å². The van der Waals surface area contributed by atoms with Crippen molar-refractivity contribution in [3.8, 4) is 0 Å². The number of amides is 2. The second-order valence-electron chi connectivity index (χ2n) is 6.71. The van der Waals surface area contributed by atoms with E-state index in [4.69, 9.17) is 12.2 Å². The van der Waals surface area contributed by atoms with Crippen molar-refractivity contribution in [2.24, 2.45) is 16.8 Å². The molecule has 24 heavy (non-hydrogen) atoms. The molecule has 1 heterocycles. The zero-order valence-corrected chi connectivity index (χ0v) is 14.8. The molecule has 0 bridgehead atoms. The minimum absolute atomic E-state index is 0.0614. The zero-order chi connectivity index (χ0) is 17.1. The number of carbonyl (C=O) groups is 2. The summed E-state index contributed by atoms with van der Waals surface area (Å²) < 4.78 is 0. The molecule has 1 aliphatic heterocycles. The molecule has 0 saturated heterocycles. The van der Waals surface area contributed by atoms with E-state index in [-0.39, 0.29) is 29.3 Å². The van der Waals surface area contributed by atoms with Crippen LogP contribution in [0.2, 0.25) is 0 Å². The third-order valence-electron chi connectivity index (χ3n) is 4.97. The van der Waals surface area contributed by atoms with Gasteiger partial charge in [0.2, 0.25) is 16.9 Å². The molecule has 2 aliphatic carbocycles. The number of allylic oxidation sites excluding steroid dienone is 3. The molecule has 0 spiro atoms. The van der Waals surface area contributed by atoms with Crippen molar-refractivity contribution in [3.05, 3.63) is 24.3 Å². The van der Waals surface area contributed by atoms with E-state index >= 15 is 0 Å². The molecule has 3 rings (SSSR count). The number of fused-ring (bicyclic) bond motifs is 1. The van der Waals surface area contributed by atoms with Gasteiger partial charge in [-0.25, -0.2) is 4.99 Å². The maximum absolute atomic E-state index is 12.6. The number of rotatable bonds is 5. The molecule has 0 aromatic rings. The second-order valence-corrected chi connectivity index (χ2v) is 7.07. The summed E-state index contributed by atoms with van der Waals surface area (Å²) in [6, 6.07) is 0. The summed E-state index contributed by atoms with van der Waals surface area (Å²) in [4.78, 5) is 32.5. The van der Waals surface area contributed by atoms with Gasteiger partial charge in [0.05, 0.1) is 11.6 Å². The maximum atomic E-state index is 12.6. The molecule has 1 fully saturated rings. The first-order chi connectivity index (χ1) is 11.6. The number of nitrogens with zero attached hydrogens (tertiary/aromatic N) is 3. The van der Waals surface area contributed by atoms with Crippen LogP contribution in [0.5, 0.6) is 0 Å². The Bertz CT molecular complexity index is 632. The quantitative estimate of drug-likeness (QED) is 0.719. The Morgan fingerprint density at radius 2 is 2.12 bits per heavy atom. The summed E-state index contributed by atoms with van der Waals surface area (Å²) in [6.07, 6.45) is 12.6. The first kappa shape index (κ1) is 17.0. The highest BCUT2D eigenvalue weighted by Gasteiger charge is 2.33. The standard InChI is InChI=1S/C18H23N3O2S/c1-20(12-13-6-2-3-7-13)16(22)10-11-21-17(23)14-8-4-5-9-15(14)19-18(21)24/h4-5,8-9,13-14H,2-3,6-7,10-12H2,1H3. The van der Waals surface area contributed by atoms with Gasteiger partial charge in [0.15, 0.2) is 0 Å². The third kappa shape index (κ3) is 3.64. The normalized spacial score (nSPS) is 23.5. The molecular formula is C18H23N3O2S. The van der Waals surface area contributed by atoms with Crippen LogP contribution in [0.3, 0.4) is 0 Å². The molecule has 1 unspecified atom stereocenters. The van der Waals surface area contributed by atoms with Crippen molar-refractivity contribution >= 4 is 34.9 Å². The van der Waals surface area contributed by atoms with Gasteiger partial charge in [0.1, 0.15) is 0 Å². The lowest BCUT2D eigenvalue weighted by molar-refractivity contribution is -0.132. The fourth-order valence-corrected chi connectivity index (χ4v) is 3.85. The molecule has 0 aromatic carbocycles. The molecule has 5 nitrogen and oxygen atoms in total. The summed E-state index contributed by atoms with van der Waals surface area (Å²) >= 11 is 5.24. The fourth-order valence-electron chi connectivity index (χ4n) is 3.57. The molecule has 0 N–H and O–H groups in total. The Kier molecular flexibility index (Phi) is 5.23. The molecule has 0 aromatic heterocycles. The van der Waals surface area contributed by atoms with Crippen LogP contribution in [0.25, 0.3) is 0 Å². The third-order valence-corrected chi connectivity index (χ3v) is 5.28. The number of hydrogen-bond donors (Lipinski definition) is 0. The molecule has 6 heteroatoms. The van der Waals surface area contributed by atoms with Crippen LogP contribution >= 0.6 is 12.2 Å². The van der Waals surface area contributed by atoms with Crippen molar-refractivity contribution in [1.29, 1.82) is 0 Å². The molecule has 128 valence electrons. The number of thiocarbonyl (C=S) groups is 1. The molecule has 1 atom stereocenters. The lowest BCUT2D eigenvalue weighted by atomic mass is 9.95. The van der Waals surface area contributed by atoms with E-state index in [1.165, 1.54) is 30.6 Å². The van der Waals surface area contributed by atoms with Gasteiger partial charge in [0.25, 0.3) is 0 Å². The largest absolute Gasteiger partial charge is 0.345 e. The highest BCUT2D eigenvalue weighted by atomic mass is 32.1. The highest BCUT2D eigenvalue weighted by molar-refractivity contribution is 7.80. The smallest absolute Gasteiger partial charge is 0.241 e. The van der Waals surface area contributed by atoms with Crippen molar-refractivity contribution in [2.45, 2.75) is 32.1 Å². The van der Waals surface area contributed by atoms with Crippen LogP contribution in [0, 0.1) is 11.8 Å². The number of hydrogen-bond acceptors (Lipinski definition) is 3. The predicted octanol–water partition coefficient (Wildman–Crippen LogP) is 2.34. The van der Waals surface area contributed by atoms with Crippen molar-refractivity contribution < 1.29 is 9.59 Å². The average Bonchev–Trinajstić information content (AvgIpc) is 3.07. The first-order valence-electron chi connectivity index (χ1n) is 8.59. The van der Waals surface area contributed by atoms with Gasteiger partial charge in [-0.3, -0.25) is 14.5 Å². The highest BCUT2D eigenvalue weighted by Crippen LogP contribution is 2.25. The van der Waals surface area contributed by atoms with Gasteiger partial charge in [-0.05, 0) is 37.1 Å². The molecule has 3 aliphatic rings. The van der Waals surface area contributed by atoms with E-state index in [1.807, 2.05) is 31.4 Å². The van der Waals surface area contributed by atoms with Gasteiger partial charge in [-0.2, -0.15) is 0 Å². The maximum Gasteiger partial charge on any atom is 0.241 e. The number of aliphatic imine (C=N–C) groups is 1. The van der Waals surface area contributed by atoms with Crippen LogP contribution in [-0.4, -0.2) is 52.6 Å². The predicted molar refractivity (Wildman–Crippen MR) is 97.7 cm³/mol. The van der Waals surface area contributed by atoms with Gasteiger partial charge in [-0.15, -0.1) is 0 Å². The Labute approximate surface area is 148 Å². The Balaban J connectivity index is 1.55. The molecule has 0 radical (unpaired) electrons. The SMILES string of the molecule is CN(CC1CCCC1)C(=O)CCN1C(=O)C2C=CC=CC2=NC1=S.